The summed E-state index contributed by atoms with van der Waals surface area (Å²) < 4.78 is 27.7. The van der Waals surface area contributed by atoms with Gasteiger partial charge >= 0.3 is 5.97 Å². The average Bonchev–Trinajstić information content (AvgIpc) is 2.80. The minimum atomic E-state index is 0.326. The zero-order valence-corrected chi connectivity index (χ0v) is 15.2. The van der Waals surface area contributed by atoms with Crippen molar-refractivity contribution in [3.63, 3.8) is 0 Å². The lowest BCUT2D eigenvalue weighted by Crippen LogP contribution is -2.30. The number of carbonyl (C=O) groups excluding carboxylic acids is 1. The number of esters is 1. The molecule has 0 radical (unpaired) electrons. The molecule has 0 heterocycles. The number of ether oxygens (including phenoxy) is 4. The van der Waals surface area contributed by atoms with Crippen LogP contribution in [0.3, 0.4) is 0 Å². The molecule has 0 spiro atoms. The maximum atomic E-state index is 5.87. The summed E-state index contributed by atoms with van der Waals surface area (Å²) in [6, 6.07) is 0. The Morgan fingerprint density at radius 2 is 1.83 bits per heavy atom. The van der Waals surface area contributed by atoms with Gasteiger partial charge in [-0.3, -0.25) is 0 Å². The third-order valence-corrected chi connectivity index (χ3v) is 4.31. The fourth-order valence-electron chi connectivity index (χ4n) is 3.10. The van der Waals surface area contributed by atoms with Crippen LogP contribution in [-0.4, -0.2) is 59.8 Å². The number of rotatable bonds is 11. The molecule has 0 amide bonds. The van der Waals surface area contributed by atoms with E-state index in [0.717, 1.165) is 38.6 Å². The summed E-state index contributed by atoms with van der Waals surface area (Å²) in [6.07, 6.45) is 7.01. The standard InChI is InChI=1S/C18H35O5/c1-4-21-13-14-23-18(20-3)17-10-7-5-6-9-16(17)15-22-12-8-11-19-2/h16-17H,4-15H2,1-3H3/q+1. The molecule has 0 N–H and O–H groups in total. The molecular formula is C18H35O5+. The Balaban J connectivity index is 2.46. The molecular weight excluding hydrogens is 296 g/mol. The molecule has 0 aromatic carbocycles. The van der Waals surface area contributed by atoms with Crippen LogP contribution in [0.4, 0.5) is 0 Å². The van der Waals surface area contributed by atoms with E-state index in [0.29, 0.717) is 31.7 Å². The molecule has 5 nitrogen and oxygen atoms in total. The zero-order valence-electron chi connectivity index (χ0n) is 15.2. The normalized spacial score (nSPS) is 22.8. The highest BCUT2D eigenvalue weighted by molar-refractivity contribution is 5.73. The minimum absolute atomic E-state index is 0.326. The number of methoxy groups -OCH3 is 1. The van der Waals surface area contributed by atoms with Gasteiger partial charge in [-0.15, -0.1) is 0 Å². The van der Waals surface area contributed by atoms with Crippen molar-refractivity contribution in [2.75, 3.05) is 53.9 Å². The first-order chi connectivity index (χ1) is 11.3. The Bertz CT molecular complexity index is 306. The number of hydrogen-bond donors (Lipinski definition) is 0. The molecule has 0 aromatic rings. The second-order valence-electron chi connectivity index (χ2n) is 5.99. The minimum Gasteiger partial charge on any atom is -0.385 e. The first-order valence-electron chi connectivity index (χ1n) is 9.01. The van der Waals surface area contributed by atoms with E-state index in [9.17, 15) is 0 Å². The summed E-state index contributed by atoms with van der Waals surface area (Å²) in [5.41, 5.74) is 0. The first kappa shape index (κ1) is 20.4. The van der Waals surface area contributed by atoms with Crippen LogP contribution in [0.15, 0.2) is 0 Å². The molecule has 1 saturated carbocycles. The second-order valence-corrected chi connectivity index (χ2v) is 5.99. The maximum absolute atomic E-state index is 5.87. The fraction of sp³-hybridized carbons (Fsp3) is 0.944. The van der Waals surface area contributed by atoms with Gasteiger partial charge in [0.1, 0.15) is 12.5 Å². The summed E-state index contributed by atoms with van der Waals surface area (Å²) in [5, 5.41) is 0. The highest BCUT2D eigenvalue weighted by atomic mass is 16.6. The SMILES string of the molecule is CCOCCOC(=[O+]C)C1CCCCCC1COCCCOC. The molecule has 23 heavy (non-hydrogen) atoms. The van der Waals surface area contributed by atoms with Crippen LogP contribution in [0.25, 0.3) is 0 Å². The quantitative estimate of drug-likeness (QED) is 0.253. The lowest BCUT2D eigenvalue weighted by Gasteiger charge is -2.20. The van der Waals surface area contributed by atoms with E-state index in [1.54, 1.807) is 14.2 Å². The molecule has 0 bridgehead atoms. The molecule has 0 aliphatic heterocycles. The zero-order chi connectivity index (χ0) is 16.8. The lowest BCUT2D eigenvalue weighted by atomic mass is 9.88. The Kier molecular flexibility index (Phi) is 12.2. The van der Waals surface area contributed by atoms with Crippen molar-refractivity contribution < 1.29 is 23.4 Å². The van der Waals surface area contributed by atoms with E-state index in [-0.39, 0.29) is 0 Å². The summed E-state index contributed by atoms with van der Waals surface area (Å²) in [4.78, 5) is 0. The smallest absolute Gasteiger partial charge is 0.385 e. The van der Waals surface area contributed by atoms with Gasteiger partial charge in [0.15, 0.2) is 7.11 Å². The Morgan fingerprint density at radius 1 is 1.00 bits per heavy atom. The van der Waals surface area contributed by atoms with Crippen molar-refractivity contribution >= 4 is 5.97 Å². The van der Waals surface area contributed by atoms with Crippen molar-refractivity contribution in [2.45, 2.75) is 45.4 Å². The molecule has 1 aliphatic carbocycles. The third-order valence-electron chi connectivity index (χ3n) is 4.31. The molecule has 0 saturated heterocycles. The fourth-order valence-corrected chi connectivity index (χ4v) is 3.10. The van der Waals surface area contributed by atoms with Gasteiger partial charge in [0.05, 0.1) is 6.61 Å². The Hall–Kier alpha value is -0.650. The van der Waals surface area contributed by atoms with Crippen molar-refractivity contribution in [1.29, 1.82) is 0 Å². The van der Waals surface area contributed by atoms with Crippen LogP contribution >= 0.6 is 0 Å². The van der Waals surface area contributed by atoms with Crippen molar-refractivity contribution in [3.05, 3.63) is 0 Å². The maximum Gasteiger partial charge on any atom is 0.488 e. The highest BCUT2D eigenvalue weighted by Gasteiger charge is 2.36. The number of hydrogen-bond acceptors (Lipinski definition) is 4. The van der Waals surface area contributed by atoms with Crippen LogP contribution in [0, 0.1) is 11.8 Å². The molecule has 136 valence electrons. The van der Waals surface area contributed by atoms with E-state index in [2.05, 4.69) is 0 Å². The predicted molar refractivity (Wildman–Crippen MR) is 90.8 cm³/mol. The van der Waals surface area contributed by atoms with Crippen LogP contribution < -0.4 is 0 Å². The van der Waals surface area contributed by atoms with Gasteiger partial charge in [-0.25, -0.2) is 0 Å². The average molecular weight is 331 g/mol. The van der Waals surface area contributed by atoms with Gasteiger partial charge in [-0.1, -0.05) is 19.3 Å². The Morgan fingerprint density at radius 3 is 2.57 bits per heavy atom. The topological polar surface area (TPSA) is 48.2 Å². The predicted octanol–water partition coefficient (Wildman–Crippen LogP) is 2.98. The van der Waals surface area contributed by atoms with Crippen molar-refractivity contribution in [2.24, 2.45) is 11.8 Å². The van der Waals surface area contributed by atoms with Crippen LogP contribution in [0.2, 0.25) is 0 Å². The van der Waals surface area contributed by atoms with E-state index in [1.807, 2.05) is 6.92 Å². The van der Waals surface area contributed by atoms with E-state index in [1.165, 1.54) is 25.7 Å². The summed E-state index contributed by atoms with van der Waals surface area (Å²) >= 11 is 0. The molecule has 2 atom stereocenters. The summed E-state index contributed by atoms with van der Waals surface area (Å²) in [5.74, 6) is 1.56. The summed E-state index contributed by atoms with van der Waals surface area (Å²) in [6.45, 7) is 6.14. The molecule has 1 aliphatic rings. The van der Waals surface area contributed by atoms with E-state index in [4.69, 9.17) is 23.4 Å². The Labute approximate surface area is 141 Å². The molecule has 2 unspecified atom stereocenters. The molecule has 1 fully saturated rings. The van der Waals surface area contributed by atoms with Crippen LogP contribution in [-0.2, 0) is 23.4 Å². The molecule has 0 aromatic heterocycles. The summed E-state index contributed by atoms with van der Waals surface area (Å²) in [7, 11) is 3.43. The van der Waals surface area contributed by atoms with E-state index < -0.39 is 0 Å². The van der Waals surface area contributed by atoms with Gasteiger partial charge in [-0.05, 0) is 26.2 Å². The van der Waals surface area contributed by atoms with Crippen LogP contribution in [0.1, 0.15) is 45.4 Å². The monoisotopic (exact) mass is 331 g/mol. The van der Waals surface area contributed by atoms with Gasteiger partial charge in [0.2, 0.25) is 6.61 Å². The molecule has 5 heteroatoms. The van der Waals surface area contributed by atoms with Crippen molar-refractivity contribution in [3.8, 4) is 0 Å². The third kappa shape index (κ3) is 8.68. The lowest BCUT2D eigenvalue weighted by molar-refractivity contribution is -0.436. The molecule has 1 rings (SSSR count). The second kappa shape index (κ2) is 13.8. The van der Waals surface area contributed by atoms with Gasteiger partial charge < -0.3 is 23.4 Å². The highest BCUT2D eigenvalue weighted by Crippen LogP contribution is 2.30. The van der Waals surface area contributed by atoms with Gasteiger partial charge in [0.25, 0.3) is 0 Å². The van der Waals surface area contributed by atoms with E-state index >= 15 is 0 Å². The van der Waals surface area contributed by atoms with Gasteiger partial charge in [-0.2, -0.15) is 0 Å². The largest absolute Gasteiger partial charge is 0.488 e. The van der Waals surface area contributed by atoms with Gasteiger partial charge in [0, 0.05) is 32.8 Å². The first-order valence-corrected chi connectivity index (χ1v) is 9.01. The van der Waals surface area contributed by atoms with Crippen molar-refractivity contribution in [1.82, 2.24) is 0 Å². The van der Waals surface area contributed by atoms with Crippen LogP contribution in [0.5, 0.6) is 0 Å².